The Bertz CT molecular complexity index is 582. The maximum Gasteiger partial charge on any atom is 0.328 e. The number of methoxy groups -OCH3 is 1. The molecule has 0 radical (unpaired) electrons. The third-order valence-electron chi connectivity index (χ3n) is 3.03. The number of esters is 1. The van der Waals surface area contributed by atoms with Gasteiger partial charge in [-0.25, -0.2) is 9.48 Å². The summed E-state index contributed by atoms with van der Waals surface area (Å²) in [6, 6.07) is 5.38. The van der Waals surface area contributed by atoms with E-state index in [2.05, 4.69) is 20.8 Å². The zero-order chi connectivity index (χ0) is 14.5. The van der Waals surface area contributed by atoms with Crippen LogP contribution in [0.4, 0.5) is 5.69 Å². The number of carbonyl (C=O) groups is 1. The zero-order valence-corrected chi connectivity index (χ0v) is 11.7. The lowest BCUT2D eigenvalue weighted by atomic mass is 10.1. The predicted molar refractivity (Wildman–Crippen MR) is 73.6 cm³/mol. The van der Waals surface area contributed by atoms with E-state index in [0.717, 1.165) is 16.9 Å². The molecule has 7 nitrogen and oxygen atoms in total. The highest BCUT2D eigenvalue weighted by Crippen LogP contribution is 2.19. The molecule has 0 aliphatic rings. The van der Waals surface area contributed by atoms with Gasteiger partial charge in [0, 0.05) is 5.69 Å². The van der Waals surface area contributed by atoms with Crippen LogP contribution in [0.2, 0.25) is 0 Å². The van der Waals surface area contributed by atoms with Crippen LogP contribution in [0.1, 0.15) is 18.9 Å². The molecule has 0 fully saturated rings. The van der Waals surface area contributed by atoms with E-state index in [9.17, 15) is 4.79 Å². The maximum atomic E-state index is 11.6. The van der Waals surface area contributed by atoms with E-state index in [4.69, 9.17) is 4.74 Å². The molecule has 0 saturated carbocycles. The molecule has 106 valence electrons. The van der Waals surface area contributed by atoms with Crippen molar-refractivity contribution in [3.63, 3.8) is 0 Å². The second-order valence-electron chi connectivity index (χ2n) is 4.38. The van der Waals surface area contributed by atoms with E-state index in [1.165, 1.54) is 7.11 Å². The number of benzene rings is 1. The van der Waals surface area contributed by atoms with Crippen LogP contribution in [0.3, 0.4) is 0 Å². The van der Waals surface area contributed by atoms with Gasteiger partial charge in [-0.15, -0.1) is 5.10 Å². The van der Waals surface area contributed by atoms with Gasteiger partial charge < -0.3 is 10.1 Å². The normalized spacial score (nSPS) is 11.9. The Hall–Kier alpha value is -2.44. The topological polar surface area (TPSA) is 81.9 Å². The molecule has 1 heterocycles. The van der Waals surface area contributed by atoms with Gasteiger partial charge in [0.1, 0.15) is 12.4 Å². The van der Waals surface area contributed by atoms with Crippen LogP contribution in [0.15, 0.2) is 24.5 Å². The summed E-state index contributed by atoms with van der Waals surface area (Å²) < 4.78 is 6.35. The van der Waals surface area contributed by atoms with E-state index in [1.54, 1.807) is 11.0 Å². The van der Waals surface area contributed by atoms with Crippen molar-refractivity contribution < 1.29 is 9.53 Å². The molecule has 0 spiro atoms. The van der Waals surface area contributed by atoms with Gasteiger partial charge in [-0.05, 0) is 47.5 Å². The summed E-state index contributed by atoms with van der Waals surface area (Å²) in [6.45, 7) is 3.89. The molecule has 2 aromatic rings. The number of ether oxygens (including phenoxy) is 1. The molecule has 2 rings (SSSR count). The van der Waals surface area contributed by atoms with Gasteiger partial charge in [0.25, 0.3) is 0 Å². The minimum Gasteiger partial charge on any atom is -0.467 e. The van der Waals surface area contributed by atoms with Crippen LogP contribution in [0.5, 0.6) is 0 Å². The summed E-state index contributed by atoms with van der Waals surface area (Å²) in [6.07, 6.45) is 2.19. The SMILES string of the molecule is CCC(Nc1ccc(-n2cnnn2)c(C)c1)C(=O)OC. The first-order valence-electron chi connectivity index (χ1n) is 6.34. The van der Waals surface area contributed by atoms with E-state index in [1.807, 2.05) is 32.0 Å². The van der Waals surface area contributed by atoms with Crippen molar-refractivity contribution in [2.75, 3.05) is 12.4 Å². The Morgan fingerprint density at radius 1 is 1.50 bits per heavy atom. The monoisotopic (exact) mass is 275 g/mol. The zero-order valence-electron chi connectivity index (χ0n) is 11.7. The first kappa shape index (κ1) is 14.0. The summed E-state index contributed by atoms with van der Waals surface area (Å²) in [4.78, 5) is 11.6. The van der Waals surface area contributed by atoms with Crippen LogP contribution < -0.4 is 5.32 Å². The number of aromatic nitrogens is 4. The summed E-state index contributed by atoms with van der Waals surface area (Å²) in [5, 5.41) is 14.2. The molecule has 0 aliphatic carbocycles. The van der Waals surface area contributed by atoms with Crippen molar-refractivity contribution in [2.45, 2.75) is 26.3 Å². The predicted octanol–water partition coefficient (Wildman–Crippen LogP) is 1.33. The van der Waals surface area contributed by atoms with Crippen molar-refractivity contribution in [2.24, 2.45) is 0 Å². The lowest BCUT2D eigenvalue weighted by Gasteiger charge is -2.16. The molecular formula is C13H17N5O2. The molecule has 1 N–H and O–H groups in total. The third-order valence-corrected chi connectivity index (χ3v) is 3.03. The van der Waals surface area contributed by atoms with E-state index < -0.39 is 0 Å². The molecule has 20 heavy (non-hydrogen) atoms. The fourth-order valence-corrected chi connectivity index (χ4v) is 1.95. The molecule has 1 unspecified atom stereocenters. The molecule has 0 saturated heterocycles. The van der Waals surface area contributed by atoms with Gasteiger partial charge in [0.2, 0.25) is 0 Å². The number of hydrogen-bond donors (Lipinski definition) is 1. The summed E-state index contributed by atoms with van der Waals surface area (Å²) >= 11 is 0. The second-order valence-corrected chi connectivity index (χ2v) is 4.38. The average Bonchev–Trinajstić information content (AvgIpc) is 2.98. The van der Waals surface area contributed by atoms with Gasteiger partial charge in [0.15, 0.2) is 0 Å². The van der Waals surface area contributed by atoms with Crippen LogP contribution in [-0.2, 0) is 9.53 Å². The van der Waals surface area contributed by atoms with Gasteiger partial charge >= 0.3 is 5.97 Å². The van der Waals surface area contributed by atoms with Crippen LogP contribution >= 0.6 is 0 Å². The molecule has 1 aromatic heterocycles. The van der Waals surface area contributed by atoms with Crippen molar-refractivity contribution in [1.29, 1.82) is 0 Å². The fraction of sp³-hybridized carbons (Fsp3) is 0.385. The summed E-state index contributed by atoms with van der Waals surface area (Å²) in [5.41, 5.74) is 2.75. The van der Waals surface area contributed by atoms with E-state index >= 15 is 0 Å². The van der Waals surface area contributed by atoms with E-state index in [-0.39, 0.29) is 12.0 Å². The smallest absolute Gasteiger partial charge is 0.328 e. The number of aryl methyl sites for hydroxylation is 1. The Labute approximate surface area is 116 Å². The van der Waals surface area contributed by atoms with Crippen molar-refractivity contribution in [1.82, 2.24) is 20.2 Å². The molecule has 0 aliphatic heterocycles. The first-order valence-corrected chi connectivity index (χ1v) is 6.34. The molecule has 1 aromatic carbocycles. The average molecular weight is 275 g/mol. The molecule has 0 amide bonds. The lowest BCUT2D eigenvalue weighted by Crippen LogP contribution is -2.29. The van der Waals surface area contributed by atoms with Crippen molar-refractivity contribution in [3.05, 3.63) is 30.1 Å². The van der Waals surface area contributed by atoms with E-state index in [0.29, 0.717) is 6.42 Å². The first-order chi connectivity index (χ1) is 9.65. The van der Waals surface area contributed by atoms with Crippen LogP contribution in [0, 0.1) is 6.92 Å². The largest absolute Gasteiger partial charge is 0.467 e. The number of rotatable bonds is 5. The molecule has 1 atom stereocenters. The van der Waals surface area contributed by atoms with Gasteiger partial charge in [-0.3, -0.25) is 0 Å². The lowest BCUT2D eigenvalue weighted by molar-refractivity contribution is -0.141. The highest BCUT2D eigenvalue weighted by atomic mass is 16.5. The number of anilines is 1. The second kappa shape index (κ2) is 6.14. The highest BCUT2D eigenvalue weighted by molar-refractivity contribution is 5.79. The van der Waals surface area contributed by atoms with Crippen LogP contribution in [-0.4, -0.2) is 39.3 Å². The fourth-order valence-electron chi connectivity index (χ4n) is 1.95. The standard InChI is InChI=1S/C13H17N5O2/c1-4-11(13(19)20-3)15-10-5-6-12(9(2)7-10)18-8-14-16-17-18/h5-8,11,15H,4H2,1-3H3. The number of carbonyl (C=O) groups excluding carboxylic acids is 1. The van der Waals surface area contributed by atoms with Crippen LogP contribution in [0.25, 0.3) is 5.69 Å². The minimum atomic E-state index is -0.349. The number of nitrogens with zero attached hydrogens (tertiary/aromatic N) is 4. The molecule has 7 heteroatoms. The Kier molecular flexibility index (Phi) is 4.29. The van der Waals surface area contributed by atoms with Gasteiger partial charge in [0.05, 0.1) is 12.8 Å². The molecular weight excluding hydrogens is 258 g/mol. The maximum absolute atomic E-state index is 11.6. The quantitative estimate of drug-likeness (QED) is 0.829. The Balaban J connectivity index is 2.19. The number of hydrogen-bond acceptors (Lipinski definition) is 6. The summed E-state index contributed by atoms with van der Waals surface area (Å²) in [5.74, 6) is -0.269. The highest BCUT2D eigenvalue weighted by Gasteiger charge is 2.16. The molecule has 0 bridgehead atoms. The Morgan fingerprint density at radius 3 is 2.85 bits per heavy atom. The van der Waals surface area contributed by atoms with Crippen molar-refractivity contribution in [3.8, 4) is 5.69 Å². The van der Waals surface area contributed by atoms with Gasteiger partial charge in [-0.1, -0.05) is 6.92 Å². The van der Waals surface area contributed by atoms with Crippen molar-refractivity contribution >= 4 is 11.7 Å². The number of nitrogens with one attached hydrogen (secondary N) is 1. The Morgan fingerprint density at radius 2 is 2.30 bits per heavy atom. The third kappa shape index (κ3) is 2.93. The van der Waals surface area contributed by atoms with Gasteiger partial charge in [-0.2, -0.15) is 0 Å². The minimum absolute atomic E-state index is 0.269. The summed E-state index contributed by atoms with van der Waals surface area (Å²) in [7, 11) is 1.39. The number of tetrazole rings is 1.